The molecule has 4 rings (SSSR count). The number of hydrogen-bond donors (Lipinski definition) is 1. The van der Waals surface area contributed by atoms with Gasteiger partial charge >= 0.3 is 0 Å². The Morgan fingerprint density at radius 3 is 2.64 bits per heavy atom. The lowest BCUT2D eigenvalue weighted by Gasteiger charge is -2.46. The van der Waals surface area contributed by atoms with Crippen LogP contribution in [0.3, 0.4) is 0 Å². The standard InChI is InChI=1S/C20H27NO4/c1-24-17-13-15-5-2-4-14(15)12-16(17)19(23)21-9-7-20(8-10-21)18(22)6-3-11-25-20/h12-13,18,22H,2-11H2,1H3/t18-/m1/s1. The highest BCUT2D eigenvalue weighted by molar-refractivity contribution is 5.97. The number of piperidine rings is 1. The van der Waals surface area contributed by atoms with Gasteiger partial charge in [-0.05, 0) is 68.2 Å². The van der Waals surface area contributed by atoms with Gasteiger partial charge in [0.25, 0.3) is 5.91 Å². The van der Waals surface area contributed by atoms with E-state index in [0.717, 1.165) is 32.1 Å². The monoisotopic (exact) mass is 345 g/mol. The number of aliphatic hydroxyl groups excluding tert-OH is 1. The molecular weight excluding hydrogens is 318 g/mol. The Labute approximate surface area is 148 Å². The summed E-state index contributed by atoms with van der Waals surface area (Å²) < 4.78 is 11.4. The summed E-state index contributed by atoms with van der Waals surface area (Å²) >= 11 is 0. The number of benzene rings is 1. The molecule has 1 aromatic rings. The Morgan fingerprint density at radius 1 is 1.24 bits per heavy atom. The van der Waals surface area contributed by atoms with Crippen molar-refractivity contribution in [3.63, 3.8) is 0 Å². The van der Waals surface area contributed by atoms with Crippen LogP contribution in [0.4, 0.5) is 0 Å². The van der Waals surface area contributed by atoms with Crippen molar-refractivity contribution in [2.24, 2.45) is 0 Å². The van der Waals surface area contributed by atoms with Gasteiger partial charge in [0.05, 0.1) is 24.4 Å². The number of ether oxygens (including phenoxy) is 2. The fourth-order valence-electron chi connectivity index (χ4n) is 4.59. The van der Waals surface area contributed by atoms with Crippen molar-refractivity contribution in [2.75, 3.05) is 26.8 Å². The summed E-state index contributed by atoms with van der Waals surface area (Å²) in [5, 5.41) is 10.4. The first-order chi connectivity index (χ1) is 12.1. The highest BCUT2D eigenvalue weighted by Gasteiger charge is 2.44. The van der Waals surface area contributed by atoms with Crippen molar-refractivity contribution >= 4 is 5.91 Å². The topological polar surface area (TPSA) is 59.0 Å². The number of carbonyl (C=O) groups excluding carboxylic acids is 1. The molecule has 1 spiro atoms. The Kier molecular flexibility index (Phi) is 4.46. The lowest BCUT2D eigenvalue weighted by molar-refractivity contribution is -0.174. The predicted octanol–water partition coefficient (Wildman–Crippen LogP) is 2.33. The van der Waals surface area contributed by atoms with Crippen LogP contribution in [0.15, 0.2) is 12.1 Å². The highest BCUT2D eigenvalue weighted by atomic mass is 16.5. The SMILES string of the molecule is COc1cc2c(cc1C(=O)N1CCC3(CC1)OCCC[C@H]3O)CCC2. The molecule has 1 aliphatic carbocycles. The van der Waals surface area contributed by atoms with Crippen LogP contribution in [0.1, 0.15) is 53.6 Å². The Balaban J connectivity index is 1.51. The lowest BCUT2D eigenvalue weighted by atomic mass is 9.82. The van der Waals surface area contributed by atoms with Crippen LogP contribution in [0.2, 0.25) is 0 Å². The molecule has 0 aromatic heterocycles. The largest absolute Gasteiger partial charge is 0.496 e. The van der Waals surface area contributed by atoms with Gasteiger partial charge in [0, 0.05) is 19.7 Å². The summed E-state index contributed by atoms with van der Waals surface area (Å²) in [7, 11) is 1.63. The zero-order valence-electron chi connectivity index (χ0n) is 14.9. The van der Waals surface area contributed by atoms with E-state index in [0.29, 0.717) is 43.9 Å². The first-order valence-electron chi connectivity index (χ1n) is 9.44. The van der Waals surface area contributed by atoms with E-state index >= 15 is 0 Å². The molecule has 5 heteroatoms. The van der Waals surface area contributed by atoms with E-state index in [1.807, 2.05) is 17.0 Å². The van der Waals surface area contributed by atoms with Crippen LogP contribution in [-0.4, -0.2) is 54.4 Å². The predicted molar refractivity (Wildman–Crippen MR) is 94.1 cm³/mol. The molecule has 5 nitrogen and oxygen atoms in total. The first-order valence-corrected chi connectivity index (χ1v) is 9.44. The number of aliphatic hydroxyl groups is 1. The van der Waals surface area contributed by atoms with Crippen LogP contribution >= 0.6 is 0 Å². The van der Waals surface area contributed by atoms with Gasteiger partial charge in [0.15, 0.2) is 0 Å². The van der Waals surface area contributed by atoms with E-state index in [1.165, 1.54) is 11.1 Å². The molecule has 2 heterocycles. The Hall–Kier alpha value is -1.59. The molecule has 2 fully saturated rings. The van der Waals surface area contributed by atoms with Crippen molar-refractivity contribution in [1.82, 2.24) is 4.90 Å². The molecule has 0 unspecified atom stereocenters. The van der Waals surface area contributed by atoms with Gasteiger partial charge in [0.2, 0.25) is 0 Å². The summed E-state index contributed by atoms with van der Waals surface area (Å²) in [6.45, 7) is 1.95. The molecule has 2 aliphatic heterocycles. The van der Waals surface area contributed by atoms with E-state index in [9.17, 15) is 9.90 Å². The number of carbonyl (C=O) groups is 1. The summed E-state index contributed by atoms with van der Waals surface area (Å²) in [6.07, 6.45) is 5.97. The summed E-state index contributed by atoms with van der Waals surface area (Å²) in [6, 6.07) is 4.06. The van der Waals surface area contributed by atoms with E-state index in [2.05, 4.69) is 0 Å². The fraction of sp³-hybridized carbons (Fsp3) is 0.650. The van der Waals surface area contributed by atoms with Crippen LogP contribution in [0, 0.1) is 0 Å². The van der Waals surface area contributed by atoms with Gasteiger partial charge in [-0.25, -0.2) is 0 Å². The Morgan fingerprint density at radius 2 is 1.96 bits per heavy atom. The average molecular weight is 345 g/mol. The zero-order chi connectivity index (χ0) is 17.4. The smallest absolute Gasteiger partial charge is 0.257 e. The minimum atomic E-state index is -0.447. The number of fused-ring (bicyclic) bond motifs is 1. The molecule has 136 valence electrons. The van der Waals surface area contributed by atoms with Gasteiger partial charge in [-0.3, -0.25) is 4.79 Å². The maximum atomic E-state index is 13.1. The number of rotatable bonds is 2. The molecule has 1 aromatic carbocycles. The van der Waals surface area contributed by atoms with Crippen LogP contribution in [-0.2, 0) is 17.6 Å². The van der Waals surface area contributed by atoms with Crippen LogP contribution in [0.5, 0.6) is 5.75 Å². The van der Waals surface area contributed by atoms with Crippen molar-refractivity contribution in [1.29, 1.82) is 0 Å². The average Bonchev–Trinajstić information content (AvgIpc) is 3.10. The number of methoxy groups -OCH3 is 1. The zero-order valence-corrected chi connectivity index (χ0v) is 14.9. The maximum Gasteiger partial charge on any atom is 0.257 e. The van der Waals surface area contributed by atoms with Crippen LogP contribution < -0.4 is 4.74 Å². The number of amides is 1. The van der Waals surface area contributed by atoms with Gasteiger partial charge in [-0.2, -0.15) is 0 Å². The molecule has 1 atom stereocenters. The molecule has 25 heavy (non-hydrogen) atoms. The summed E-state index contributed by atoms with van der Waals surface area (Å²) in [5.74, 6) is 0.714. The lowest BCUT2D eigenvalue weighted by Crippen LogP contribution is -2.56. The van der Waals surface area contributed by atoms with Gasteiger partial charge in [0.1, 0.15) is 5.75 Å². The molecule has 1 N–H and O–H groups in total. The van der Waals surface area contributed by atoms with Crippen LogP contribution in [0.25, 0.3) is 0 Å². The summed E-state index contributed by atoms with van der Waals surface area (Å²) in [4.78, 5) is 15.0. The number of aryl methyl sites for hydroxylation is 2. The molecule has 3 aliphatic rings. The minimum Gasteiger partial charge on any atom is -0.496 e. The van der Waals surface area contributed by atoms with Crippen molar-refractivity contribution in [3.05, 3.63) is 28.8 Å². The molecule has 2 saturated heterocycles. The quantitative estimate of drug-likeness (QED) is 0.894. The minimum absolute atomic E-state index is 0.0340. The number of hydrogen-bond acceptors (Lipinski definition) is 4. The van der Waals surface area contributed by atoms with E-state index in [-0.39, 0.29) is 5.91 Å². The first kappa shape index (κ1) is 16.9. The molecule has 0 saturated carbocycles. The third kappa shape index (κ3) is 2.93. The number of nitrogens with zero attached hydrogens (tertiary/aromatic N) is 1. The number of likely N-dealkylation sites (tertiary alicyclic amines) is 1. The molecular formula is C20H27NO4. The Bertz CT molecular complexity index is 664. The molecule has 1 amide bonds. The second-order valence-electron chi connectivity index (χ2n) is 7.54. The maximum absolute atomic E-state index is 13.1. The van der Waals surface area contributed by atoms with E-state index in [1.54, 1.807) is 7.11 Å². The highest BCUT2D eigenvalue weighted by Crippen LogP contribution is 2.36. The second kappa shape index (κ2) is 6.61. The van der Waals surface area contributed by atoms with Crippen molar-refractivity contribution in [3.8, 4) is 5.75 Å². The van der Waals surface area contributed by atoms with Crippen molar-refractivity contribution < 1.29 is 19.4 Å². The van der Waals surface area contributed by atoms with Gasteiger partial charge in [-0.15, -0.1) is 0 Å². The summed E-state index contributed by atoms with van der Waals surface area (Å²) in [5.41, 5.74) is 2.81. The third-order valence-corrected chi connectivity index (χ3v) is 6.16. The van der Waals surface area contributed by atoms with Gasteiger partial charge in [-0.1, -0.05) is 0 Å². The van der Waals surface area contributed by atoms with Gasteiger partial charge < -0.3 is 19.5 Å². The normalized spacial score (nSPS) is 25.0. The molecule has 0 radical (unpaired) electrons. The molecule has 0 bridgehead atoms. The van der Waals surface area contributed by atoms with E-state index in [4.69, 9.17) is 9.47 Å². The third-order valence-electron chi connectivity index (χ3n) is 6.16. The van der Waals surface area contributed by atoms with E-state index < -0.39 is 11.7 Å². The fourth-order valence-corrected chi connectivity index (χ4v) is 4.59. The van der Waals surface area contributed by atoms with Crippen molar-refractivity contribution in [2.45, 2.75) is 56.7 Å². The second-order valence-corrected chi connectivity index (χ2v) is 7.54.